The average molecular weight is 262 g/mol. The van der Waals surface area contributed by atoms with Crippen LogP contribution in [0.1, 0.15) is 24.8 Å². The molecule has 0 aliphatic carbocycles. The van der Waals surface area contributed by atoms with Gasteiger partial charge in [-0.25, -0.2) is 4.79 Å². The van der Waals surface area contributed by atoms with Gasteiger partial charge in [0.05, 0.1) is 7.11 Å². The number of hydrogen-bond donors (Lipinski definition) is 1. The molecule has 0 aromatic heterocycles. The minimum absolute atomic E-state index is 0.0644. The summed E-state index contributed by atoms with van der Waals surface area (Å²) in [7, 11) is 1.67. The Morgan fingerprint density at radius 1 is 1.26 bits per heavy atom. The molecule has 1 heterocycles. The van der Waals surface area contributed by atoms with Crippen LogP contribution < -0.4 is 10.1 Å². The van der Waals surface area contributed by atoms with E-state index < -0.39 is 0 Å². The summed E-state index contributed by atoms with van der Waals surface area (Å²) in [5.74, 6) is 0.884. The highest BCUT2D eigenvalue weighted by Gasteiger charge is 2.15. The molecule has 1 aromatic rings. The number of urea groups is 1. The van der Waals surface area contributed by atoms with Crippen LogP contribution in [-0.4, -0.2) is 37.7 Å². The van der Waals surface area contributed by atoms with Gasteiger partial charge in [0.25, 0.3) is 0 Å². The van der Waals surface area contributed by atoms with E-state index in [4.69, 9.17) is 4.74 Å². The van der Waals surface area contributed by atoms with E-state index in [2.05, 4.69) is 5.32 Å². The Balaban J connectivity index is 1.78. The lowest BCUT2D eigenvalue weighted by atomic mass is 10.1. The summed E-state index contributed by atoms with van der Waals surface area (Å²) < 4.78 is 5.30. The van der Waals surface area contributed by atoms with E-state index in [0.717, 1.165) is 43.7 Å². The molecule has 0 saturated carbocycles. The Bertz CT molecular complexity index is 414. The largest absolute Gasteiger partial charge is 0.496 e. The minimum atomic E-state index is 0.0644. The summed E-state index contributed by atoms with van der Waals surface area (Å²) >= 11 is 0. The fraction of sp³-hybridized carbons (Fsp3) is 0.533. The van der Waals surface area contributed by atoms with Gasteiger partial charge in [-0.1, -0.05) is 18.2 Å². The molecule has 1 fully saturated rings. The number of piperidine rings is 1. The number of ether oxygens (including phenoxy) is 1. The van der Waals surface area contributed by atoms with Crippen LogP contribution in [0.25, 0.3) is 0 Å². The third-order valence-electron chi connectivity index (χ3n) is 3.51. The summed E-state index contributed by atoms with van der Waals surface area (Å²) in [6.45, 7) is 2.43. The molecule has 2 amide bonds. The van der Waals surface area contributed by atoms with Gasteiger partial charge in [0.1, 0.15) is 5.75 Å². The molecule has 104 valence electrons. The van der Waals surface area contributed by atoms with Crippen LogP contribution in [0, 0.1) is 0 Å². The summed E-state index contributed by atoms with van der Waals surface area (Å²) in [4.78, 5) is 13.8. The molecule has 1 N–H and O–H groups in total. The molecule has 0 unspecified atom stereocenters. The van der Waals surface area contributed by atoms with Crippen molar-refractivity contribution in [2.24, 2.45) is 0 Å². The van der Waals surface area contributed by atoms with Crippen molar-refractivity contribution in [3.05, 3.63) is 29.8 Å². The number of rotatable bonds is 4. The maximum atomic E-state index is 11.9. The molecule has 1 aliphatic rings. The lowest BCUT2D eigenvalue weighted by molar-refractivity contribution is 0.186. The molecule has 0 spiro atoms. The molecule has 0 radical (unpaired) electrons. The second-order valence-electron chi connectivity index (χ2n) is 4.84. The normalized spacial score (nSPS) is 15.1. The molecule has 4 nitrogen and oxygen atoms in total. The van der Waals surface area contributed by atoms with Gasteiger partial charge in [-0.2, -0.15) is 0 Å². The van der Waals surface area contributed by atoms with Crippen LogP contribution >= 0.6 is 0 Å². The molecule has 19 heavy (non-hydrogen) atoms. The number of methoxy groups -OCH3 is 1. The number of para-hydroxylation sites is 1. The second kappa shape index (κ2) is 7.02. The second-order valence-corrected chi connectivity index (χ2v) is 4.84. The third-order valence-corrected chi connectivity index (χ3v) is 3.51. The standard InChI is InChI=1S/C15H22N2O2/c1-19-14-8-4-3-7-13(14)9-10-16-15(18)17-11-5-2-6-12-17/h3-4,7-8H,2,5-6,9-12H2,1H3,(H,16,18). The van der Waals surface area contributed by atoms with Crippen LogP contribution in [0.3, 0.4) is 0 Å². The molecule has 1 aliphatic heterocycles. The zero-order valence-corrected chi connectivity index (χ0v) is 11.5. The van der Waals surface area contributed by atoms with Gasteiger partial charge in [-0.05, 0) is 37.3 Å². The zero-order chi connectivity index (χ0) is 13.5. The van der Waals surface area contributed by atoms with Crippen molar-refractivity contribution in [2.75, 3.05) is 26.7 Å². The SMILES string of the molecule is COc1ccccc1CCNC(=O)N1CCCCC1. The summed E-state index contributed by atoms with van der Waals surface area (Å²) in [6, 6.07) is 7.99. The highest BCUT2D eigenvalue weighted by molar-refractivity contribution is 5.74. The first-order valence-electron chi connectivity index (χ1n) is 6.96. The van der Waals surface area contributed by atoms with Gasteiger partial charge >= 0.3 is 6.03 Å². The fourth-order valence-corrected chi connectivity index (χ4v) is 2.42. The van der Waals surface area contributed by atoms with Crippen LogP contribution in [0.5, 0.6) is 5.75 Å². The quantitative estimate of drug-likeness (QED) is 0.905. The number of benzene rings is 1. The number of amides is 2. The molecule has 4 heteroatoms. The number of hydrogen-bond acceptors (Lipinski definition) is 2. The van der Waals surface area contributed by atoms with Crippen molar-refractivity contribution >= 4 is 6.03 Å². The van der Waals surface area contributed by atoms with Crippen LogP contribution in [0.15, 0.2) is 24.3 Å². The van der Waals surface area contributed by atoms with Crippen molar-refractivity contribution in [1.29, 1.82) is 0 Å². The van der Waals surface area contributed by atoms with Gasteiger partial charge < -0.3 is 15.0 Å². The van der Waals surface area contributed by atoms with Crippen molar-refractivity contribution in [3.63, 3.8) is 0 Å². The molecular formula is C15H22N2O2. The highest BCUT2D eigenvalue weighted by Crippen LogP contribution is 2.17. The average Bonchev–Trinajstić information content (AvgIpc) is 2.48. The van der Waals surface area contributed by atoms with E-state index in [9.17, 15) is 4.79 Å². The van der Waals surface area contributed by atoms with Crippen molar-refractivity contribution in [2.45, 2.75) is 25.7 Å². The van der Waals surface area contributed by atoms with Crippen LogP contribution in [0.2, 0.25) is 0 Å². The smallest absolute Gasteiger partial charge is 0.317 e. The Labute approximate surface area is 114 Å². The lowest BCUT2D eigenvalue weighted by Gasteiger charge is -2.26. The lowest BCUT2D eigenvalue weighted by Crippen LogP contribution is -2.43. The van der Waals surface area contributed by atoms with Crippen LogP contribution in [-0.2, 0) is 6.42 Å². The number of likely N-dealkylation sites (tertiary alicyclic amines) is 1. The van der Waals surface area contributed by atoms with Crippen molar-refractivity contribution in [3.8, 4) is 5.75 Å². The summed E-state index contributed by atoms with van der Waals surface area (Å²) in [6.07, 6.45) is 4.29. The van der Waals surface area contributed by atoms with Gasteiger partial charge in [-0.15, -0.1) is 0 Å². The fourth-order valence-electron chi connectivity index (χ4n) is 2.42. The minimum Gasteiger partial charge on any atom is -0.496 e. The molecule has 0 bridgehead atoms. The van der Waals surface area contributed by atoms with E-state index >= 15 is 0 Å². The van der Waals surface area contributed by atoms with E-state index in [-0.39, 0.29) is 6.03 Å². The number of nitrogens with zero attached hydrogens (tertiary/aromatic N) is 1. The molecule has 0 atom stereocenters. The molecule has 1 saturated heterocycles. The van der Waals surface area contributed by atoms with Crippen molar-refractivity contribution < 1.29 is 9.53 Å². The number of carbonyl (C=O) groups excluding carboxylic acids is 1. The monoisotopic (exact) mass is 262 g/mol. The Kier molecular flexibility index (Phi) is 5.07. The zero-order valence-electron chi connectivity index (χ0n) is 11.5. The molecule has 1 aromatic carbocycles. The first kappa shape index (κ1) is 13.7. The summed E-state index contributed by atoms with van der Waals surface area (Å²) in [5.41, 5.74) is 1.13. The first-order chi connectivity index (χ1) is 9.31. The number of carbonyl (C=O) groups is 1. The maximum Gasteiger partial charge on any atom is 0.317 e. The molecule has 2 rings (SSSR count). The first-order valence-corrected chi connectivity index (χ1v) is 6.96. The topological polar surface area (TPSA) is 41.6 Å². The van der Waals surface area contributed by atoms with Crippen LogP contribution in [0.4, 0.5) is 4.79 Å². The maximum absolute atomic E-state index is 11.9. The van der Waals surface area contributed by atoms with Gasteiger partial charge in [0, 0.05) is 19.6 Å². The highest BCUT2D eigenvalue weighted by atomic mass is 16.5. The van der Waals surface area contributed by atoms with Crippen molar-refractivity contribution in [1.82, 2.24) is 10.2 Å². The Morgan fingerprint density at radius 2 is 2.00 bits per heavy atom. The third kappa shape index (κ3) is 3.88. The molecular weight excluding hydrogens is 240 g/mol. The van der Waals surface area contributed by atoms with E-state index in [0.29, 0.717) is 6.54 Å². The van der Waals surface area contributed by atoms with Gasteiger partial charge in [-0.3, -0.25) is 0 Å². The number of nitrogens with one attached hydrogen (secondary N) is 1. The van der Waals surface area contributed by atoms with E-state index in [1.807, 2.05) is 29.2 Å². The van der Waals surface area contributed by atoms with Gasteiger partial charge in [0.15, 0.2) is 0 Å². The van der Waals surface area contributed by atoms with E-state index in [1.54, 1.807) is 7.11 Å². The Hall–Kier alpha value is -1.71. The van der Waals surface area contributed by atoms with E-state index in [1.165, 1.54) is 6.42 Å². The summed E-state index contributed by atoms with van der Waals surface area (Å²) in [5, 5.41) is 2.98. The van der Waals surface area contributed by atoms with Gasteiger partial charge in [0.2, 0.25) is 0 Å². The predicted octanol–water partition coefficient (Wildman–Crippen LogP) is 2.43. The predicted molar refractivity (Wildman–Crippen MR) is 75.5 cm³/mol. The Morgan fingerprint density at radius 3 is 2.74 bits per heavy atom.